The van der Waals surface area contributed by atoms with Crippen molar-refractivity contribution in [3.63, 3.8) is 0 Å². The highest BCUT2D eigenvalue weighted by atomic mass is 16.2. The van der Waals surface area contributed by atoms with Gasteiger partial charge < -0.3 is 10.2 Å². The van der Waals surface area contributed by atoms with E-state index in [1.807, 2.05) is 43.4 Å². The van der Waals surface area contributed by atoms with E-state index in [1.165, 1.54) is 0 Å². The molecule has 4 rings (SSSR count). The topological polar surface area (TPSA) is 67.2 Å². The molecule has 1 aliphatic heterocycles. The first-order valence-corrected chi connectivity index (χ1v) is 8.22. The second-order valence-corrected chi connectivity index (χ2v) is 6.20. The number of nitrogens with zero attached hydrogens (tertiary/aromatic N) is 3. The van der Waals surface area contributed by atoms with E-state index in [4.69, 9.17) is 0 Å². The second kappa shape index (κ2) is 6.05. The van der Waals surface area contributed by atoms with Crippen LogP contribution in [0.3, 0.4) is 0 Å². The average molecular weight is 334 g/mol. The van der Waals surface area contributed by atoms with E-state index < -0.39 is 6.04 Å². The number of rotatable bonds is 3. The maximum atomic E-state index is 12.7. The third-order valence-electron chi connectivity index (χ3n) is 4.55. The van der Waals surface area contributed by atoms with Crippen LogP contribution in [-0.2, 0) is 11.8 Å². The maximum Gasteiger partial charge on any atom is 0.252 e. The van der Waals surface area contributed by atoms with Crippen molar-refractivity contribution in [2.45, 2.75) is 12.5 Å². The van der Waals surface area contributed by atoms with Gasteiger partial charge in [-0.1, -0.05) is 36.4 Å². The molecule has 2 heterocycles. The van der Waals surface area contributed by atoms with Crippen LogP contribution < -0.4 is 10.2 Å². The molecule has 0 bridgehead atoms. The standard InChI is InChI=1S/C19H18N4O2/c1-22-12-14(11-20-22)23-10-9-17(19(23)25)21-18(24)16-8-4-6-13-5-2-3-7-15(13)16/h2-8,11-12,17H,9-10H2,1H3,(H,21,24). The Kier molecular flexibility index (Phi) is 3.72. The van der Waals surface area contributed by atoms with Gasteiger partial charge in [-0.2, -0.15) is 5.10 Å². The Morgan fingerprint density at radius 2 is 2.00 bits per heavy atom. The average Bonchev–Trinajstić information content (AvgIpc) is 3.20. The van der Waals surface area contributed by atoms with Crippen LogP contribution in [0, 0.1) is 0 Å². The van der Waals surface area contributed by atoms with Gasteiger partial charge in [0.1, 0.15) is 6.04 Å². The molecule has 1 aromatic heterocycles. The number of hydrogen-bond donors (Lipinski definition) is 1. The Labute approximate surface area is 145 Å². The first kappa shape index (κ1) is 15.4. The van der Waals surface area contributed by atoms with Crippen LogP contribution in [0.4, 0.5) is 5.69 Å². The summed E-state index contributed by atoms with van der Waals surface area (Å²) in [5.41, 5.74) is 1.35. The van der Waals surface area contributed by atoms with Crippen molar-refractivity contribution in [3.8, 4) is 0 Å². The van der Waals surface area contributed by atoms with Crippen molar-refractivity contribution in [2.75, 3.05) is 11.4 Å². The zero-order valence-corrected chi connectivity index (χ0v) is 13.8. The van der Waals surface area contributed by atoms with Crippen molar-refractivity contribution in [3.05, 3.63) is 60.4 Å². The lowest BCUT2D eigenvalue weighted by molar-refractivity contribution is -0.118. The summed E-state index contributed by atoms with van der Waals surface area (Å²) in [6.07, 6.45) is 4.05. The molecule has 3 aromatic rings. The van der Waals surface area contributed by atoms with Gasteiger partial charge in [-0.3, -0.25) is 14.3 Å². The van der Waals surface area contributed by atoms with E-state index in [-0.39, 0.29) is 11.8 Å². The van der Waals surface area contributed by atoms with Gasteiger partial charge in [0, 0.05) is 25.4 Å². The molecule has 126 valence electrons. The molecule has 2 aromatic carbocycles. The minimum Gasteiger partial charge on any atom is -0.340 e. The molecule has 0 aliphatic carbocycles. The first-order chi connectivity index (χ1) is 12.1. The summed E-state index contributed by atoms with van der Waals surface area (Å²) in [5, 5.41) is 8.88. The van der Waals surface area contributed by atoms with Crippen LogP contribution >= 0.6 is 0 Å². The quantitative estimate of drug-likeness (QED) is 0.798. The van der Waals surface area contributed by atoms with Gasteiger partial charge in [0.05, 0.1) is 11.9 Å². The Balaban J connectivity index is 1.54. The van der Waals surface area contributed by atoms with Crippen molar-refractivity contribution in [2.24, 2.45) is 7.05 Å². The maximum absolute atomic E-state index is 12.7. The van der Waals surface area contributed by atoms with Gasteiger partial charge in [0.15, 0.2) is 0 Å². The summed E-state index contributed by atoms with van der Waals surface area (Å²) in [6.45, 7) is 0.574. The molecule has 1 fully saturated rings. The predicted octanol–water partition coefficient (Wildman–Crippen LogP) is 2.11. The number of aryl methyl sites for hydroxylation is 1. The van der Waals surface area contributed by atoms with Crippen LogP contribution in [0.2, 0.25) is 0 Å². The van der Waals surface area contributed by atoms with Gasteiger partial charge in [-0.05, 0) is 23.3 Å². The van der Waals surface area contributed by atoms with Gasteiger partial charge >= 0.3 is 0 Å². The lowest BCUT2D eigenvalue weighted by Crippen LogP contribution is -2.41. The third kappa shape index (κ3) is 2.76. The highest BCUT2D eigenvalue weighted by Gasteiger charge is 2.34. The number of carbonyl (C=O) groups is 2. The minimum atomic E-state index is -0.508. The molecule has 1 aliphatic rings. The third-order valence-corrected chi connectivity index (χ3v) is 4.55. The largest absolute Gasteiger partial charge is 0.340 e. The van der Waals surface area contributed by atoms with Crippen molar-refractivity contribution in [1.82, 2.24) is 15.1 Å². The number of fused-ring (bicyclic) bond motifs is 1. The molecule has 6 nitrogen and oxygen atoms in total. The molecule has 0 radical (unpaired) electrons. The molecule has 1 N–H and O–H groups in total. The van der Waals surface area contributed by atoms with Crippen LogP contribution in [0.5, 0.6) is 0 Å². The summed E-state index contributed by atoms with van der Waals surface area (Å²) in [5.74, 6) is -0.315. The number of nitrogens with one attached hydrogen (secondary N) is 1. The van der Waals surface area contributed by atoms with Crippen molar-refractivity contribution < 1.29 is 9.59 Å². The minimum absolute atomic E-state index is 0.0958. The van der Waals surface area contributed by atoms with Gasteiger partial charge in [0.25, 0.3) is 5.91 Å². The monoisotopic (exact) mass is 334 g/mol. The zero-order chi connectivity index (χ0) is 17.4. The number of carbonyl (C=O) groups excluding carboxylic acids is 2. The van der Waals surface area contributed by atoms with Crippen molar-refractivity contribution in [1.29, 1.82) is 0 Å². The highest BCUT2D eigenvalue weighted by Crippen LogP contribution is 2.22. The van der Waals surface area contributed by atoms with Crippen LogP contribution in [0.25, 0.3) is 10.8 Å². The lowest BCUT2D eigenvalue weighted by atomic mass is 10.0. The summed E-state index contributed by atoms with van der Waals surface area (Å²) < 4.78 is 1.66. The predicted molar refractivity (Wildman–Crippen MR) is 95.4 cm³/mol. The zero-order valence-electron chi connectivity index (χ0n) is 13.8. The molecule has 1 unspecified atom stereocenters. The molecule has 1 atom stereocenters. The fraction of sp³-hybridized carbons (Fsp3) is 0.211. The Morgan fingerprint density at radius 1 is 1.20 bits per heavy atom. The van der Waals surface area contributed by atoms with Crippen molar-refractivity contribution >= 4 is 28.3 Å². The SMILES string of the molecule is Cn1cc(N2CCC(NC(=O)c3cccc4ccccc34)C2=O)cn1. The fourth-order valence-electron chi connectivity index (χ4n) is 3.28. The Bertz CT molecular complexity index is 957. The smallest absolute Gasteiger partial charge is 0.252 e. The number of hydrogen-bond acceptors (Lipinski definition) is 3. The summed E-state index contributed by atoms with van der Waals surface area (Å²) in [7, 11) is 1.81. The molecule has 2 amide bonds. The van der Waals surface area contributed by atoms with E-state index in [0.29, 0.717) is 18.5 Å². The second-order valence-electron chi connectivity index (χ2n) is 6.20. The summed E-state index contributed by atoms with van der Waals surface area (Å²) >= 11 is 0. The number of anilines is 1. The van der Waals surface area contributed by atoms with Crippen LogP contribution in [-0.4, -0.2) is 34.2 Å². The molecule has 0 spiro atoms. The normalized spacial score (nSPS) is 17.2. The molecule has 6 heteroatoms. The number of benzene rings is 2. The number of amides is 2. The van der Waals surface area contributed by atoms with E-state index in [0.717, 1.165) is 16.5 Å². The fourth-order valence-corrected chi connectivity index (χ4v) is 3.28. The summed E-state index contributed by atoms with van der Waals surface area (Å²) in [4.78, 5) is 27.0. The Morgan fingerprint density at radius 3 is 2.80 bits per heavy atom. The van der Waals surface area contributed by atoms with E-state index in [1.54, 1.807) is 28.0 Å². The van der Waals surface area contributed by atoms with E-state index in [2.05, 4.69) is 10.4 Å². The molecule has 25 heavy (non-hydrogen) atoms. The van der Waals surface area contributed by atoms with Crippen LogP contribution in [0.15, 0.2) is 54.9 Å². The first-order valence-electron chi connectivity index (χ1n) is 8.22. The van der Waals surface area contributed by atoms with Crippen LogP contribution in [0.1, 0.15) is 16.8 Å². The molecular weight excluding hydrogens is 316 g/mol. The molecular formula is C19H18N4O2. The van der Waals surface area contributed by atoms with E-state index >= 15 is 0 Å². The number of aromatic nitrogens is 2. The van der Waals surface area contributed by atoms with E-state index in [9.17, 15) is 9.59 Å². The molecule has 1 saturated heterocycles. The molecule has 0 saturated carbocycles. The lowest BCUT2D eigenvalue weighted by Gasteiger charge is -2.15. The van der Waals surface area contributed by atoms with Gasteiger partial charge in [-0.15, -0.1) is 0 Å². The van der Waals surface area contributed by atoms with Gasteiger partial charge in [0.2, 0.25) is 5.91 Å². The highest BCUT2D eigenvalue weighted by molar-refractivity contribution is 6.09. The summed E-state index contributed by atoms with van der Waals surface area (Å²) in [6, 6.07) is 12.8. The van der Waals surface area contributed by atoms with Gasteiger partial charge in [-0.25, -0.2) is 0 Å². The Hall–Kier alpha value is -3.15.